The molecule has 5 N–H and O–H groups in total. The minimum atomic E-state index is -0.471. The minimum absolute atomic E-state index is 0.129. The molecule has 23 heavy (non-hydrogen) atoms. The Hall–Kier alpha value is -2.45. The van der Waals surface area contributed by atoms with Crippen LogP contribution in [0.5, 0.6) is 0 Å². The summed E-state index contributed by atoms with van der Waals surface area (Å²) in [6.07, 6.45) is 0.760. The van der Waals surface area contributed by atoms with E-state index in [9.17, 15) is 4.79 Å². The standard InChI is InChI=1S/C15H19N5O2S/c16-15-19-12(10-23-15)13(20-22)14(21)18-8-4-7-17-9-11-5-2-1-3-6-11/h1-3,5-6,10,17,22H,4,7-9H2,(H2,16,19)(H,18,21). The van der Waals surface area contributed by atoms with Gasteiger partial charge >= 0.3 is 0 Å². The lowest BCUT2D eigenvalue weighted by Crippen LogP contribution is -2.33. The molecule has 0 saturated carbocycles. The second kappa shape index (κ2) is 8.86. The van der Waals surface area contributed by atoms with Crippen molar-refractivity contribution in [1.29, 1.82) is 0 Å². The van der Waals surface area contributed by atoms with Crippen molar-refractivity contribution in [2.45, 2.75) is 13.0 Å². The molecule has 0 unspecified atom stereocenters. The number of nitrogens with two attached hydrogens (primary N) is 1. The lowest BCUT2D eigenvalue weighted by molar-refractivity contribution is -0.114. The molecule has 8 heteroatoms. The SMILES string of the molecule is Nc1nc(C(=NO)C(=O)NCCCNCc2ccccc2)cs1. The summed E-state index contributed by atoms with van der Waals surface area (Å²) < 4.78 is 0. The number of benzene rings is 1. The van der Waals surface area contributed by atoms with Crippen LogP contribution in [0, 0.1) is 0 Å². The number of nitrogen functional groups attached to an aromatic ring is 1. The molecule has 7 nitrogen and oxygen atoms in total. The first kappa shape index (κ1) is 16.9. The molecule has 1 amide bonds. The Morgan fingerprint density at radius 3 is 2.74 bits per heavy atom. The Morgan fingerprint density at radius 2 is 2.09 bits per heavy atom. The van der Waals surface area contributed by atoms with Crippen molar-refractivity contribution in [2.75, 3.05) is 18.8 Å². The quantitative estimate of drug-likeness (QED) is 0.251. The second-order valence-corrected chi connectivity index (χ2v) is 5.68. The Labute approximate surface area is 138 Å². The van der Waals surface area contributed by atoms with Crippen molar-refractivity contribution in [2.24, 2.45) is 5.16 Å². The van der Waals surface area contributed by atoms with Gasteiger partial charge in [-0.3, -0.25) is 4.79 Å². The topological polar surface area (TPSA) is 113 Å². The molecule has 0 fully saturated rings. The van der Waals surface area contributed by atoms with Crippen LogP contribution < -0.4 is 16.4 Å². The summed E-state index contributed by atoms with van der Waals surface area (Å²) in [4.78, 5) is 15.9. The van der Waals surface area contributed by atoms with Crippen LogP contribution in [0.3, 0.4) is 0 Å². The molecule has 2 aromatic rings. The molecule has 0 bridgehead atoms. The van der Waals surface area contributed by atoms with Crippen LogP contribution >= 0.6 is 11.3 Å². The highest BCUT2D eigenvalue weighted by molar-refractivity contribution is 7.13. The number of thiazole rings is 1. The number of hydrogen-bond acceptors (Lipinski definition) is 7. The Kier molecular flexibility index (Phi) is 6.52. The Morgan fingerprint density at radius 1 is 1.30 bits per heavy atom. The predicted octanol–water partition coefficient (Wildman–Crippen LogP) is 1.20. The zero-order valence-corrected chi connectivity index (χ0v) is 13.3. The maximum Gasteiger partial charge on any atom is 0.275 e. The van der Waals surface area contributed by atoms with Crippen LogP contribution in [-0.2, 0) is 11.3 Å². The van der Waals surface area contributed by atoms with Gasteiger partial charge in [0.05, 0.1) is 0 Å². The molecule has 0 aliphatic heterocycles. The summed E-state index contributed by atoms with van der Waals surface area (Å²) in [5.41, 5.74) is 6.86. The fourth-order valence-corrected chi connectivity index (χ4v) is 2.48. The fraction of sp³-hybridized carbons (Fsp3) is 0.267. The molecular formula is C15H19N5O2S. The maximum atomic E-state index is 11.9. The number of oxime groups is 1. The van der Waals surface area contributed by atoms with Gasteiger partial charge in [-0.2, -0.15) is 0 Å². The second-order valence-electron chi connectivity index (χ2n) is 4.79. The van der Waals surface area contributed by atoms with Gasteiger partial charge in [-0.15, -0.1) is 11.3 Å². The van der Waals surface area contributed by atoms with Gasteiger partial charge in [0.15, 0.2) is 10.8 Å². The van der Waals surface area contributed by atoms with E-state index in [0.717, 1.165) is 19.5 Å². The first-order valence-corrected chi connectivity index (χ1v) is 8.05. The summed E-state index contributed by atoms with van der Waals surface area (Å²) in [6.45, 7) is 2.03. The molecule has 0 atom stereocenters. The van der Waals surface area contributed by atoms with Crippen molar-refractivity contribution >= 4 is 28.1 Å². The van der Waals surface area contributed by atoms with E-state index in [0.29, 0.717) is 11.7 Å². The van der Waals surface area contributed by atoms with Crippen LogP contribution in [0.4, 0.5) is 5.13 Å². The van der Waals surface area contributed by atoms with E-state index in [4.69, 9.17) is 10.9 Å². The molecule has 0 saturated heterocycles. The van der Waals surface area contributed by atoms with Gasteiger partial charge in [0.2, 0.25) is 0 Å². The molecule has 122 valence electrons. The van der Waals surface area contributed by atoms with Gasteiger partial charge < -0.3 is 21.6 Å². The van der Waals surface area contributed by atoms with E-state index in [1.807, 2.05) is 18.2 Å². The normalized spacial score (nSPS) is 11.4. The molecule has 1 aromatic carbocycles. The Bertz CT molecular complexity index is 657. The molecule has 0 aliphatic carbocycles. The summed E-state index contributed by atoms with van der Waals surface area (Å²) in [5.74, 6) is -0.471. The largest absolute Gasteiger partial charge is 0.410 e. The van der Waals surface area contributed by atoms with E-state index in [-0.39, 0.29) is 11.4 Å². The molecular weight excluding hydrogens is 314 g/mol. The number of rotatable bonds is 8. The van der Waals surface area contributed by atoms with Crippen molar-refractivity contribution in [3.05, 3.63) is 47.0 Å². The summed E-state index contributed by atoms with van der Waals surface area (Å²) in [5, 5.41) is 19.9. The third-order valence-corrected chi connectivity index (χ3v) is 3.74. The number of hydrogen-bond donors (Lipinski definition) is 4. The van der Waals surface area contributed by atoms with Gasteiger partial charge in [-0.05, 0) is 18.5 Å². The van der Waals surface area contributed by atoms with Crippen LogP contribution in [0.15, 0.2) is 40.9 Å². The van der Waals surface area contributed by atoms with Crippen LogP contribution in [0.25, 0.3) is 0 Å². The van der Waals surface area contributed by atoms with E-state index >= 15 is 0 Å². The number of nitrogens with one attached hydrogen (secondary N) is 2. The monoisotopic (exact) mass is 333 g/mol. The van der Waals surface area contributed by atoms with Crippen molar-refractivity contribution in [3.8, 4) is 0 Å². The van der Waals surface area contributed by atoms with Gasteiger partial charge in [0.1, 0.15) is 5.69 Å². The van der Waals surface area contributed by atoms with E-state index < -0.39 is 5.91 Å². The van der Waals surface area contributed by atoms with Gasteiger partial charge in [-0.1, -0.05) is 35.5 Å². The third-order valence-electron chi connectivity index (χ3n) is 3.07. The highest BCUT2D eigenvalue weighted by atomic mass is 32.1. The minimum Gasteiger partial charge on any atom is -0.410 e. The van der Waals surface area contributed by atoms with Crippen molar-refractivity contribution in [3.63, 3.8) is 0 Å². The molecule has 0 spiro atoms. The molecule has 0 radical (unpaired) electrons. The fourth-order valence-electron chi connectivity index (χ4n) is 1.94. The van der Waals surface area contributed by atoms with Crippen LogP contribution in [0.1, 0.15) is 17.7 Å². The number of carbonyl (C=O) groups excluding carboxylic acids is 1. The van der Waals surface area contributed by atoms with Crippen LogP contribution in [-0.4, -0.2) is 34.9 Å². The first-order chi connectivity index (χ1) is 11.2. The average Bonchev–Trinajstić information content (AvgIpc) is 2.98. The predicted molar refractivity (Wildman–Crippen MR) is 90.6 cm³/mol. The highest BCUT2D eigenvalue weighted by Gasteiger charge is 2.17. The molecule has 2 rings (SSSR count). The summed E-state index contributed by atoms with van der Waals surface area (Å²) in [6, 6.07) is 10.1. The lowest BCUT2D eigenvalue weighted by atomic mass is 10.2. The lowest BCUT2D eigenvalue weighted by Gasteiger charge is -2.07. The van der Waals surface area contributed by atoms with E-state index in [1.165, 1.54) is 16.9 Å². The molecule has 1 aromatic heterocycles. The van der Waals surface area contributed by atoms with Crippen molar-refractivity contribution in [1.82, 2.24) is 15.6 Å². The third kappa shape index (κ3) is 5.35. The van der Waals surface area contributed by atoms with Gasteiger partial charge in [0.25, 0.3) is 5.91 Å². The molecule has 0 aliphatic rings. The van der Waals surface area contributed by atoms with Gasteiger partial charge in [-0.25, -0.2) is 4.98 Å². The van der Waals surface area contributed by atoms with Gasteiger partial charge in [0, 0.05) is 18.5 Å². The smallest absolute Gasteiger partial charge is 0.275 e. The number of nitrogens with zero attached hydrogens (tertiary/aromatic N) is 2. The zero-order valence-electron chi connectivity index (χ0n) is 12.5. The number of anilines is 1. The summed E-state index contributed by atoms with van der Waals surface area (Å²) >= 11 is 1.18. The average molecular weight is 333 g/mol. The van der Waals surface area contributed by atoms with Crippen LogP contribution in [0.2, 0.25) is 0 Å². The molecule has 1 heterocycles. The number of amides is 1. The van der Waals surface area contributed by atoms with Crippen molar-refractivity contribution < 1.29 is 10.0 Å². The Balaban J connectivity index is 1.66. The summed E-state index contributed by atoms with van der Waals surface area (Å²) in [7, 11) is 0. The number of carbonyl (C=O) groups is 1. The number of aromatic nitrogens is 1. The zero-order chi connectivity index (χ0) is 16.5. The maximum absolute atomic E-state index is 11.9. The van der Waals surface area contributed by atoms with E-state index in [1.54, 1.807) is 5.38 Å². The van der Waals surface area contributed by atoms with E-state index in [2.05, 4.69) is 32.9 Å². The highest BCUT2D eigenvalue weighted by Crippen LogP contribution is 2.11. The first-order valence-electron chi connectivity index (χ1n) is 7.17.